The van der Waals surface area contributed by atoms with E-state index >= 15 is 0 Å². The van der Waals surface area contributed by atoms with Gasteiger partial charge in [0.25, 0.3) is 0 Å². The van der Waals surface area contributed by atoms with E-state index in [4.69, 9.17) is 21.4 Å². The van der Waals surface area contributed by atoms with E-state index < -0.39 is 0 Å². The standard InChI is InChI=1S/C30H22ClN3O2S/c1-36-24-14-12-20(13-15-24)27-18-26(23-11-10-19-6-2-3-7-21(19)16-23)33-34(27)29-28(37-30(35)32-29)17-22-8-4-5-9-25(22)31/h2-17,27H,18H2,1H3/b28-17-. The van der Waals surface area contributed by atoms with E-state index in [0.717, 1.165) is 50.2 Å². The van der Waals surface area contributed by atoms with Crippen LogP contribution in [0.4, 0.5) is 4.79 Å². The average molecular weight is 524 g/mol. The lowest BCUT2D eigenvalue weighted by Gasteiger charge is -2.24. The minimum atomic E-state index is -0.267. The first-order valence-corrected chi connectivity index (χ1v) is 13.1. The molecule has 0 N–H and O–H groups in total. The second kappa shape index (κ2) is 9.88. The van der Waals surface area contributed by atoms with E-state index in [1.807, 2.05) is 71.7 Å². The molecule has 7 heteroatoms. The van der Waals surface area contributed by atoms with E-state index in [1.54, 1.807) is 7.11 Å². The number of carbonyl (C=O) groups is 1. The maximum absolute atomic E-state index is 12.5. The number of benzene rings is 4. The third-order valence-electron chi connectivity index (χ3n) is 6.52. The zero-order chi connectivity index (χ0) is 25.4. The van der Waals surface area contributed by atoms with E-state index in [0.29, 0.717) is 17.3 Å². The first-order chi connectivity index (χ1) is 18.1. The maximum Gasteiger partial charge on any atom is 0.311 e. The van der Waals surface area contributed by atoms with Gasteiger partial charge < -0.3 is 4.74 Å². The number of hydrazone groups is 1. The highest BCUT2D eigenvalue weighted by atomic mass is 35.5. The van der Waals surface area contributed by atoms with Crippen molar-refractivity contribution in [3.63, 3.8) is 0 Å². The molecule has 0 bridgehead atoms. The zero-order valence-corrected chi connectivity index (χ0v) is 21.5. The summed E-state index contributed by atoms with van der Waals surface area (Å²) in [7, 11) is 1.65. The molecule has 182 valence electrons. The van der Waals surface area contributed by atoms with Gasteiger partial charge in [0.15, 0.2) is 5.84 Å². The van der Waals surface area contributed by atoms with Crippen molar-refractivity contribution in [2.24, 2.45) is 10.1 Å². The first kappa shape index (κ1) is 23.5. The van der Waals surface area contributed by atoms with Crippen molar-refractivity contribution in [1.82, 2.24) is 5.01 Å². The van der Waals surface area contributed by atoms with Crippen molar-refractivity contribution >= 4 is 57.0 Å². The molecule has 2 aliphatic heterocycles. The summed E-state index contributed by atoms with van der Waals surface area (Å²) >= 11 is 7.51. The molecule has 2 aliphatic rings. The number of halogens is 1. The lowest BCUT2D eigenvalue weighted by molar-refractivity contribution is 0.267. The maximum atomic E-state index is 12.5. The van der Waals surface area contributed by atoms with Crippen LogP contribution in [0.1, 0.15) is 29.2 Å². The lowest BCUT2D eigenvalue weighted by Crippen LogP contribution is -2.26. The molecular weight excluding hydrogens is 502 g/mol. The topological polar surface area (TPSA) is 54.3 Å². The number of amidine groups is 1. The molecule has 1 atom stereocenters. The number of amides is 1. The second-order valence-corrected chi connectivity index (χ2v) is 10.2. The van der Waals surface area contributed by atoms with Crippen molar-refractivity contribution in [2.75, 3.05) is 7.11 Å². The molecule has 1 unspecified atom stereocenters. The Morgan fingerprint density at radius 1 is 0.973 bits per heavy atom. The molecule has 6 rings (SSSR count). The third-order valence-corrected chi connectivity index (χ3v) is 7.65. The van der Waals surface area contributed by atoms with Gasteiger partial charge in [-0.3, -0.25) is 4.79 Å². The van der Waals surface area contributed by atoms with Crippen molar-refractivity contribution in [3.05, 3.63) is 118 Å². The Labute approximate surface area is 224 Å². The lowest BCUT2D eigenvalue weighted by atomic mass is 9.97. The number of thioether (sulfide) groups is 1. The van der Waals surface area contributed by atoms with Crippen molar-refractivity contribution in [2.45, 2.75) is 12.5 Å². The summed E-state index contributed by atoms with van der Waals surface area (Å²) < 4.78 is 5.36. The Kier molecular flexibility index (Phi) is 6.28. The summed E-state index contributed by atoms with van der Waals surface area (Å²) in [6.45, 7) is 0. The largest absolute Gasteiger partial charge is 0.497 e. The third kappa shape index (κ3) is 4.66. The Balaban J connectivity index is 1.44. The molecule has 0 fully saturated rings. The molecule has 37 heavy (non-hydrogen) atoms. The van der Waals surface area contributed by atoms with Gasteiger partial charge in [-0.2, -0.15) is 10.1 Å². The number of ether oxygens (including phenoxy) is 1. The van der Waals surface area contributed by atoms with Gasteiger partial charge in [-0.1, -0.05) is 78.3 Å². The molecule has 0 spiro atoms. The average Bonchev–Trinajstić information content (AvgIpc) is 3.53. The zero-order valence-electron chi connectivity index (χ0n) is 20.0. The summed E-state index contributed by atoms with van der Waals surface area (Å²) in [5.74, 6) is 1.32. The van der Waals surface area contributed by atoms with Gasteiger partial charge in [0.2, 0.25) is 0 Å². The van der Waals surface area contributed by atoms with Crippen molar-refractivity contribution < 1.29 is 9.53 Å². The van der Waals surface area contributed by atoms with Crippen LogP contribution in [0.5, 0.6) is 5.75 Å². The summed E-state index contributed by atoms with van der Waals surface area (Å²) in [4.78, 5) is 17.6. The van der Waals surface area contributed by atoms with Crippen molar-refractivity contribution in [1.29, 1.82) is 0 Å². The van der Waals surface area contributed by atoms with Crippen LogP contribution in [0.3, 0.4) is 0 Å². The Morgan fingerprint density at radius 3 is 2.51 bits per heavy atom. The number of hydrogen-bond donors (Lipinski definition) is 0. The van der Waals surface area contributed by atoms with Crippen LogP contribution in [0.2, 0.25) is 5.02 Å². The predicted molar refractivity (Wildman–Crippen MR) is 153 cm³/mol. The molecule has 0 radical (unpaired) electrons. The van der Waals surface area contributed by atoms with Crippen LogP contribution < -0.4 is 4.74 Å². The predicted octanol–water partition coefficient (Wildman–Crippen LogP) is 7.96. The van der Waals surface area contributed by atoms with Crippen LogP contribution in [-0.2, 0) is 0 Å². The number of methoxy groups -OCH3 is 1. The summed E-state index contributed by atoms with van der Waals surface area (Å²) in [5.41, 5.74) is 3.88. The molecule has 1 amide bonds. The van der Waals surface area contributed by atoms with Gasteiger partial charge in [0.1, 0.15) is 5.75 Å². The van der Waals surface area contributed by atoms with Crippen LogP contribution in [-0.4, -0.2) is 28.9 Å². The number of nitrogens with zero attached hydrogens (tertiary/aromatic N) is 3. The molecule has 0 aromatic heterocycles. The highest BCUT2D eigenvalue weighted by Crippen LogP contribution is 2.40. The molecule has 0 aliphatic carbocycles. The second-order valence-electron chi connectivity index (χ2n) is 8.78. The highest BCUT2D eigenvalue weighted by molar-refractivity contribution is 8.18. The van der Waals surface area contributed by atoms with Crippen LogP contribution in [0.25, 0.3) is 16.8 Å². The van der Waals surface area contributed by atoms with E-state index in [1.165, 1.54) is 5.39 Å². The fourth-order valence-electron chi connectivity index (χ4n) is 4.63. The molecule has 0 saturated carbocycles. The van der Waals surface area contributed by atoms with Gasteiger partial charge in [0, 0.05) is 11.4 Å². The molecule has 2 heterocycles. The van der Waals surface area contributed by atoms with Gasteiger partial charge in [-0.15, -0.1) is 0 Å². The minimum absolute atomic E-state index is 0.132. The smallest absolute Gasteiger partial charge is 0.311 e. The van der Waals surface area contributed by atoms with E-state index in [-0.39, 0.29) is 11.3 Å². The summed E-state index contributed by atoms with van der Waals surface area (Å²) in [6.07, 6.45) is 2.58. The number of hydrogen-bond acceptors (Lipinski definition) is 5. The Morgan fingerprint density at radius 2 is 1.73 bits per heavy atom. The number of carbonyl (C=O) groups excluding carboxylic acids is 1. The minimum Gasteiger partial charge on any atom is -0.497 e. The van der Waals surface area contributed by atoms with Gasteiger partial charge in [-0.25, -0.2) is 5.01 Å². The Bertz CT molecular complexity index is 1610. The molecular formula is C30H22ClN3O2S. The molecule has 4 aromatic carbocycles. The molecule has 4 aromatic rings. The number of rotatable bonds is 4. The molecule has 0 saturated heterocycles. The fourth-order valence-corrected chi connectivity index (χ4v) is 5.56. The van der Waals surface area contributed by atoms with Crippen LogP contribution in [0, 0.1) is 0 Å². The van der Waals surface area contributed by atoms with E-state index in [2.05, 4.69) is 35.3 Å². The molecule has 5 nitrogen and oxygen atoms in total. The van der Waals surface area contributed by atoms with E-state index in [9.17, 15) is 4.79 Å². The quantitative estimate of drug-likeness (QED) is 0.272. The van der Waals surface area contributed by atoms with Gasteiger partial charge in [0.05, 0.1) is 23.8 Å². The van der Waals surface area contributed by atoms with Gasteiger partial charge >= 0.3 is 5.24 Å². The highest BCUT2D eigenvalue weighted by Gasteiger charge is 2.37. The van der Waals surface area contributed by atoms with Gasteiger partial charge in [-0.05, 0) is 69.6 Å². The first-order valence-electron chi connectivity index (χ1n) is 11.9. The summed E-state index contributed by atoms with van der Waals surface area (Å²) in [5, 5.41) is 9.61. The van der Waals surface area contributed by atoms with Crippen LogP contribution >= 0.6 is 23.4 Å². The Hall–Kier alpha value is -3.87. The monoisotopic (exact) mass is 523 g/mol. The number of fused-ring (bicyclic) bond motifs is 1. The van der Waals surface area contributed by atoms with Crippen molar-refractivity contribution in [3.8, 4) is 5.75 Å². The SMILES string of the molecule is COc1ccc(C2CC(c3ccc4ccccc4c3)=NN2C2=NC(=O)S/C2=C\c2ccccc2Cl)cc1. The normalized spacial score (nSPS) is 18.4. The fraction of sp³-hybridized carbons (Fsp3) is 0.100. The summed E-state index contributed by atoms with van der Waals surface area (Å²) in [6, 6.07) is 30.1. The van der Waals surface area contributed by atoms with Crippen LogP contribution in [0.15, 0.2) is 106 Å². The number of aliphatic imine (C=N–C) groups is 1.